The lowest BCUT2D eigenvalue weighted by Gasteiger charge is -2.37. The van der Waals surface area contributed by atoms with E-state index in [1.54, 1.807) is 0 Å². The molecule has 1 atom stereocenters. The Morgan fingerprint density at radius 1 is 0.897 bits per heavy atom. The van der Waals surface area contributed by atoms with Crippen LogP contribution in [-0.4, -0.2) is 12.3 Å². The van der Waals surface area contributed by atoms with Crippen LogP contribution in [0.15, 0.2) is 18.2 Å². The molecule has 162 valence electrons. The van der Waals surface area contributed by atoms with E-state index in [-0.39, 0.29) is 13.0 Å². The second kappa shape index (κ2) is 8.99. The summed E-state index contributed by atoms with van der Waals surface area (Å²) < 4.78 is 43.7. The first-order valence-corrected chi connectivity index (χ1v) is 11.7. The third-order valence-electron chi connectivity index (χ3n) is 7.94. The van der Waals surface area contributed by atoms with E-state index in [0.29, 0.717) is 0 Å². The van der Waals surface area contributed by atoms with E-state index in [9.17, 15) is 13.2 Å². The zero-order valence-electron chi connectivity index (χ0n) is 17.6. The second-order valence-electron chi connectivity index (χ2n) is 9.99. The van der Waals surface area contributed by atoms with Gasteiger partial charge in [-0.1, -0.05) is 50.8 Å². The minimum atomic E-state index is -4.27. The molecule has 0 aromatic heterocycles. The van der Waals surface area contributed by atoms with E-state index in [4.69, 9.17) is 4.74 Å². The lowest BCUT2D eigenvalue weighted by atomic mass is 9.69. The van der Waals surface area contributed by atoms with Crippen LogP contribution in [0.4, 0.5) is 13.2 Å². The average Bonchev–Trinajstić information content (AvgIpc) is 2.72. The van der Waals surface area contributed by atoms with Crippen molar-refractivity contribution in [2.75, 3.05) is 0 Å². The van der Waals surface area contributed by atoms with Crippen LogP contribution in [0, 0.1) is 23.7 Å². The first-order valence-electron chi connectivity index (χ1n) is 11.7. The maximum absolute atomic E-state index is 12.9. The van der Waals surface area contributed by atoms with Gasteiger partial charge in [0.2, 0.25) is 0 Å². The van der Waals surface area contributed by atoms with Gasteiger partial charge in [-0.05, 0) is 78.9 Å². The highest BCUT2D eigenvalue weighted by molar-refractivity contribution is 5.33. The highest BCUT2D eigenvalue weighted by Crippen LogP contribution is 2.42. The highest BCUT2D eigenvalue weighted by Gasteiger charge is 2.42. The lowest BCUT2D eigenvalue weighted by molar-refractivity contribution is -0.226. The first-order chi connectivity index (χ1) is 13.9. The lowest BCUT2D eigenvalue weighted by Crippen LogP contribution is -2.36. The number of hydrogen-bond acceptors (Lipinski definition) is 1. The summed E-state index contributed by atoms with van der Waals surface area (Å²) in [5.74, 6) is 3.69. The Balaban J connectivity index is 1.23. The molecule has 1 heterocycles. The molecular weight excluding hydrogens is 373 g/mol. The van der Waals surface area contributed by atoms with E-state index in [0.717, 1.165) is 41.2 Å². The van der Waals surface area contributed by atoms with Crippen molar-refractivity contribution in [1.82, 2.24) is 0 Å². The van der Waals surface area contributed by atoms with Crippen LogP contribution in [0.5, 0.6) is 0 Å². The number of aryl methyl sites for hydroxylation is 1. The van der Waals surface area contributed by atoms with Gasteiger partial charge >= 0.3 is 6.18 Å². The van der Waals surface area contributed by atoms with Gasteiger partial charge in [-0.3, -0.25) is 0 Å². The summed E-state index contributed by atoms with van der Waals surface area (Å²) in [5, 5.41) is 0. The average molecular weight is 409 g/mol. The van der Waals surface area contributed by atoms with E-state index in [1.807, 2.05) is 12.1 Å². The Morgan fingerprint density at radius 2 is 1.55 bits per heavy atom. The molecule has 0 spiro atoms. The molecule has 1 aromatic carbocycles. The zero-order chi connectivity index (χ0) is 20.4. The third-order valence-corrected chi connectivity index (χ3v) is 7.94. The summed E-state index contributed by atoms with van der Waals surface area (Å²) in [6, 6.07) is 6.01. The topological polar surface area (TPSA) is 9.23 Å². The van der Waals surface area contributed by atoms with Crippen LogP contribution in [-0.2, 0) is 24.2 Å². The van der Waals surface area contributed by atoms with Gasteiger partial charge in [0, 0.05) is 6.42 Å². The van der Waals surface area contributed by atoms with Gasteiger partial charge in [0.1, 0.15) is 0 Å². The molecule has 2 fully saturated rings. The number of hydrogen-bond donors (Lipinski definition) is 0. The second-order valence-corrected chi connectivity index (χ2v) is 9.99. The SMILES string of the molecule is CC1CCC(C2CCC(CCc3ccc4c(c3)COC(C(F)(F)F)C4)CC2)CC1. The van der Waals surface area contributed by atoms with Gasteiger partial charge in [-0.2, -0.15) is 13.2 Å². The zero-order valence-corrected chi connectivity index (χ0v) is 17.6. The molecule has 0 bridgehead atoms. The Kier molecular flexibility index (Phi) is 6.58. The maximum Gasteiger partial charge on any atom is 0.414 e. The molecule has 4 heteroatoms. The van der Waals surface area contributed by atoms with E-state index < -0.39 is 12.3 Å². The van der Waals surface area contributed by atoms with Crippen molar-refractivity contribution >= 4 is 0 Å². The van der Waals surface area contributed by atoms with Gasteiger partial charge in [-0.25, -0.2) is 0 Å². The van der Waals surface area contributed by atoms with E-state index >= 15 is 0 Å². The quantitative estimate of drug-likeness (QED) is 0.509. The normalized spacial score (nSPS) is 33.3. The fourth-order valence-electron chi connectivity index (χ4n) is 5.90. The van der Waals surface area contributed by atoms with Gasteiger partial charge in [0.15, 0.2) is 6.10 Å². The van der Waals surface area contributed by atoms with Crippen LogP contribution in [0.2, 0.25) is 0 Å². The minimum absolute atomic E-state index is 0.0525. The summed E-state index contributed by atoms with van der Waals surface area (Å²) in [6.07, 6.45) is 7.54. The minimum Gasteiger partial charge on any atom is -0.364 e. The Hall–Kier alpha value is -1.03. The highest BCUT2D eigenvalue weighted by atomic mass is 19.4. The molecule has 0 N–H and O–H groups in total. The maximum atomic E-state index is 12.9. The van der Waals surface area contributed by atoms with Crippen LogP contribution < -0.4 is 0 Å². The van der Waals surface area contributed by atoms with Crippen molar-refractivity contribution in [3.63, 3.8) is 0 Å². The first kappa shape index (κ1) is 21.2. The van der Waals surface area contributed by atoms with Crippen LogP contribution in [0.25, 0.3) is 0 Å². The van der Waals surface area contributed by atoms with Crippen LogP contribution in [0.1, 0.15) is 81.4 Å². The molecule has 2 saturated carbocycles. The number of rotatable bonds is 4. The number of ether oxygens (including phenoxy) is 1. The summed E-state index contributed by atoms with van der Waals surface area (Å²) in [4.78, 5) is 0. The predicted molar refractivity (Wildman–Crippen MR) is 110 cm³/mol. The molecule has 3 aliphatic rings. The number of halogens is 3. The Labute approximate surface area is 173 Å². The smallest absolute Gasteiger partial charge is 0.364 e. The van der Waals surface area contributed by atoms with E-state index in [1.165, 1.54) is 63.4 Å². The molecule has 2 aliphatic carbocycles. The molecular formula is C25H35F3O. The van der Waals surface area contributed by atoms with Crippen LogP contribution >= 0.6 is 0 Å². The number of fused-ring (bicyclic) bond motifs is 1. The van der Waals surface area contributed by atoms with Gasteiger partial charge in [0.05, 0.1) is 6.61 Å². The number of benzene rings is 1. The standard InChI is InChI=1S/C25H35F3O/c1-17-2-9-20(10-3-17)21-11-6-18(7-12-21)4-5-19-8-13-22-15-24(25(26,27)28)29-16-23(22)14-19/h8,13-14,17-18,20-21,24H,2-7,9-12,15-16H2,1H3. The molecule has 1 aromatic rings. The fourth-order valence-corrected chi connectivity index (χ4v) is 5.90. The molecule has 1 nitrogen and oxygen atoms in total. The largest absolute Gasteiger partial charge is 0.414 e. The fraction of sp³-hybridized carbons (Fsp3) is 0.760. The molecule has 0 radical (unpaired) electrons. The van der Waals surface area contributed by atoms with Gasteiger partial charge < -0.3 is 4.74 Å². The summed E-state index contributed by atoms with van der Waals surface area (Å²) in [5.41, 5.74) is 2.99. The molecule has 0 saturated heterocycles. The number of alkyl halides is 3. The molecule has 1 aliphatic heterocycles. The Bertz CT molecular complexity index is 667. The van der Waals surface area contributed by atoms with Crippen molar-refractivity contribution < 1.29 is 17.9 Å². The van der Waals surface area contributed by atoms with Gasteiger partial charge in [-0.15, -0.1) is 0 Å². The predicted octanol–water partition coefficient (Wildman–Crippen LogP) is 7.26. The van der Waals surface area contributed by atoms with Crippen molar-refractivity contribution in [2.45, 2.75) is 96.4 Å². The summed E-state index contributed by atoms with van der Waals surface area (Å²) in [6.45, 7) is 2.48. The molecule has 1 unspecified atom stereocenters. The molecule has 4 rings (SSSR count). The van der Waals surface area contributed by atoms with Crippen molar-refractivity contribution in [1.29, 1.82) is 0 Å². The van der Waals surface area contributed by atoms with Crippen molar-refractivity contribution in [2.24, 2.45) is 23.7 Å². The van der Waals surface area contributed by atoms with Crippen molar-refractivity contribution in [3.8, 4) is 0 Å². The van der Waals surface area contributed by atoms with Crippen LogP contribution in [0.3, 0.4) is 0 Å². The van der Waals surface area contributed by atoms with E-state index in [2.05, 4.69) is 13.0 Å². The van der Waals surface area contributed by atoms with Gasteiger partial charge in [0.25, 0.3) is 0 Å². The Morgan fingerprint density at radius 3 is 2.21 bits per heavy atom. The van der Waals surface area contributed by atoms with Crippen molar-refractivity contribution in [3.05, 3.63) is 34.9 Å². The molecule has 0 amide bonds. The third kappa shape index (κ3) is 5.37. The summed E-state index contributed by atoms with van der Waals surface area (Å²) in [7, 11) is 0. The molecule has 29 heavy (non-hydrogen) atoms. The summed E-state index contributed by atoms with van der Waals surface area (Å²) >= 11 is 0. The monoisotopic (exact) mass is 408 g/mol.